The van der Waals surface area contributed by atoms with Crippen molar-refractivity contribution < 1.29 is 30.0 Å². The van der Waals surface area contributed by atoms with Gasteiger partial charge in [-0.15, -0.1) is 40.5 Å². The van der Waals surface area contributed by atoms with Crippen LogP contribution in [0.3, 0.4) is 0 Å². The smallest absolute Gasteiger partial charge is 0.162 e. The van der Waals surface area contributed by atoms with Crippen molar-refractivity contribution in [1.82, 2.24) is 9.97 Å². The second-order valence-electron chi connectivity index (χ2n) is 12.3. The Kier molecular flexibility index (Phi) is 13.2. The van der Waals surface area contributed by atoms with Crippen LogP contribution in [-0.2, 0) is 30.3 Å². The topological polar surface area (TPSA) is 63.1 Å². The SMILES string of the molecule is CC(C)(C)c1cc(-c2cc(-c3cncc4ccsc34)ccn2)[c-]c2ccccc12.CCC(CC)C(=O)/C=C(\O)C(CC)CC.[Ir]. The predicted molar refractivity (Wildman–Crippen MR) is 187 cm³/mol. The number of pyridine rings is 2. The molecule has 0 spiro atoms. The average Bonchev–Trinajstić information content (AvgIpc) is 3.51. The van der Waals surface area contributed by atoms with Crippen molar-refractivity contribution in [3.8, 4) is 22.4 Å². The molecule has 5 rings (SSSR count). The fourth-order valence-electron chi connectivity index (χ4n) is 5.61. The van der Waals surface area contributed by atoms with E-state index in [4.69, 9.17) is 0 Å². The molecule has 3 aromatic heterocycles. The van der Waals surface area contributed by atoms with Gasteiger partial charge in [0.25, 0.3) is 0 Å². The monoisotopic (exact) mass is 798 g/mol. The van der Waals surface area contributed by atoms with Gasteiger partial charge >= 0.3 is 0 Å². The van der Waals surface area contributed by atoms with Crippen molar-refractivity contribution in [2.45, 2.75) is 79.6 Å². The molecule has 0 bridgehead atoms. The fraction of sp³-hybridized carbons (Fsp3) is 0.359. The molecule has 239 valence electrons. The predicted octanol–water partition coefficient (Wildman–Crippen LogP) is 11.1. The number of carbonyl (C=O) groups excluding carboxylic acids is 1. The molecule has 2 aromatic carbocycles. The first-order chi connectivity index (χ1) is 21.1. The van der Waals surface area contributed by atoms with Gasteiger partial charge < -0.3 is 5.11 Å². The molecule has 3 heterocycles. The van der Waals surface area contributed by atoms with Crippen LogP contribution in [-0.4, -0.2) is 20.9 Å². The van der Waals surface area contributed by atoms with Gasteiger partial charge in [0, 0.05) is 78.0 Å². The average molecular weight is 798 g/mol. The molecule has 0 aliphatic heterocycles. The third-order valence-electron chi connectivity index (χ3n) is 8.37. The Labute approximate surface area is 286 Å². The summed E-state index contributed by atoms with van der Waals surface area (Å²) < 4.78 is 1.26. The van der Waals surface area contributed by atoms with E-state index in [0.29, 0.717) is 0 Å². The fourth-order valence-corrected chi connectivity index (χ4v) is 6.51. The number of aliphatic hydroxyl groups excluding tert-OH is 1. The summed E-state index contributed by atoms with van der Waals surface area (Å²) in [5.74, 6) is 0.547. The Balaban J connectivity index is 0.000000297. The first kappa shape index (κ1) is 36.3. The van der Waals surface area contributed by atoms with Crippen molar-refractivity contribution in [1.29, 1.82) is 0 Å². The van der Waals surface area contributed by atoms with Crippen molar-refractivity contribution in [2.24, 2.45) is 11.8 Å². The quantitative estimate of drug-likeness (QED) is 0.0917. The minimum Gasteiger partial charge on any atom is -0.512 e. The largest absolute Gasteiger partial charge is 0.512 e. The second kappa shape index (κ2) is 16.4. The van der Waals surface area contributed by atoms with Gasteiger partial charge in [-0.05, 0) is 54.2 Å². The zero-order valence-electron chi connectivity index (χ0n) is 27.5. The molecule has 0 saturated carbocycles. The van der Waals surface area contributed by atoms with Crippen molar-refractivity contribution in [3.05, 3.63) is 96.0 Å². The zero-order valence-corrected chi connectivity index (χ0v) is 30.7. The standard InChI is InChI=1S/C26H21N2S.C13H24O2.Ir/c1-26(2,3)23-13-20(12-17-6-4-5-7-21(17)23)24-14-18(8-10-28-24)22-16-27-15-19-9-11-29-25(19)22;1-5-10(6-2)12(14)9-13(15)11(7-3)8-4;/h4-11,13-16H,1-3H3;9-11,14H,5-8H2,1-4H3;/q-1;;/b;12-9-;. The third kappa shape index (κ3) is 8.76. The molecule has 0 aliphatic rings. The number of aromatic nitrogens is 2. The van der Waals surface area contributed by atoms with Crippen LogP contribution in [0.5, 0.6) is 0 Å². The molecular weight excluding hydrogens is 753 g/mol. The van der Waals surface area contributed by atoms with E-state index in [-0.39, 0.29) is 48.9 Å². The normalized spacial score (nSPS) is 11.9. The van der Waals surface area contributed by atoms with Crippen LogP contribution in [0.4, 0.5) is 0 Å². The number of aliphatic hydroxyl groups is 1. The van der Waals surface area contributed by atoms with Gasteiger partial charge in [-0.2, -0.15) is 0 Å². The second-order valence-corrected chi connectivity index (χ2v) is 13.3. The number of ketones is 1. The van der Waals surface area contributed by atoms with Gasteiger partial charge in [0.05, 0.1) is 5.76 Å². The van der Waals surface area contributed by atoms with Crippen LogP contribution in [0.1, 0.15) is 79.7 Å². The van der Waals surface area contributed by atoms with Gasteiger partial charge in [0.1, 0.15) is 0 Å². The summed E-state index contributed by atoms with van der Waals surface area (Å²) in [7, 11) is 0. The first-order valence-corrected chi connectivity index (χ1v) is 16.7. The van der Waals surface area contributed by atoms with Crippen molar-refractivity contribution in [3.63, 3.8) is 0 Å². The summed E-state index contributed by atoms with van der Waals surface area (Å²) in [5.41, 5.74) is 5.60. The summed E-state index contributed by atoms with van der Waals surface area (Å²) in [4.78, 5) is 20.8. The van der Waals surface area contributed by atoms with Crippen molar-refractivity contribution in [2.75, 3.05) is 0 Å². The van der Waals surface area contributed by atoms with E-state index in [1.165, 1.54) is 27.1 Å². The van der Waals surface area contributed by atoms with E-state index in [9.17, 15) is 9.90 Å². The number of rotatable bonds is 9. The van der Waals surface area contributed by atoms with E-state index in [1.54, 1.807) is 11.3 Å². The third-order valence-corrected chi connectivity index (χ3v) is 9.33. The number of thiophene rings is 1. The Hall–Kier alpha value is -3.18. The molecule has 0 aliphatic carbocycles. The number of carbonyl (C=O) groups is 1. The minimum absolute atomic E-state index is 0. The molecule has 1 radical (unpaired) electrons. The Morgan fingerprint density at radius 3 is 2.31 bits per heavy atom. The van der Waals surface area contributed by atoms with E-state index in [2.05, 4.69) is 90.7 Å². The Morgan fingerprint density at radius 2 is 1.64 bits per heavy atom. The van der Waals surface area contributed by atoms with Crippen LogP contribution in [0.2, 0.25) is 0 Å². The van der Waals surface area contributed by atoms with Gasteiger partial charge in [-0.25, -0.2) is 0 Å². The van der Waals surface area contributed by atoms with E-state index >= 15 is 0 Å². The summed E-state index contributed by atoms with van der Waals surface area (Å²) in [6.45, 7) is 14.8. The number of fused-ring (bicyclic) bond motifs is 2. The Morgan fingerprint density at radius 1 is 0.956 bits per heavy atom. The molecule has 1 N–H and O–H groups in total. The van der Waals surface area contributed by atoms with Crippen LogP contribution in [0.15, 0.2) is 84.3 Å². The number of hydrogen-bond acceptors (Lipinski definition) is 5. The molecular formula is C39H45IrN2O2S-. The number of nitrogens with zero attached hydrogens (tertiary/aromatic N) is 2. The van der Waals surface area contributed by atoms with Crippen LogP contribution >= 0.6 is 11.3 Å². The molecule has 5 aromatic rings. The van der Waals surface area contributed by atoms with Gasteiger partial charge in [0.15, 0.2) is 5.78 Å². The van der Waals surface area contributed by atoms with E-state index < -0.39 is 0 Å². The van der Waals surface area contributed by atoms with Gasteiger partial charge in [0.2, 0.25) is 0 Å². The summed E-state index contributed by atoms with van der Waals surface area (Å²) in [6.07, 6.45) is 10.7. The molecule has 4 nitrogen and oxygen atoms in total. The summed E-state index contributed by atoms with van der Waals surface area (Å²) >= 11 is 1.75. The summed E-state index contributed by atoms with van der Waals surface area (Å²) in [6, 6.07) is 20.7. The number of benzene rings is 2. The van der Waals surface area contributed by atoms with E-state index in [0.717, 1.165) is 53.5 Å². The van der Waals surface area contributed by atoms with Crippen LogP contribution in [0.25, 0.3) is 43.2 Å². The molecule has 0 amide bonds. The molecule has 45 heavy (non-hydrogen) atoms. The zero-order chi connectivity index (χ0) is 31.9. The molecule has 0 fully saturated rings. The Bertz CT molecular complexity index is 1740. The van der Waals surface area contributed by atoms with Crippen LogP contribution < -0.4 is 0 Å². The van der Waals surface area contributed by atoms with E-state index in [1.807, 2.05) is 46.3 Å². The minimum atomic E-state index is 0. The molecule has 0 atom stereocenters. The maximum atomic E-state index is 11.7. The molecule has 6 heteroatoms. The van der Waals surface area contributed by atoms with Crippen LogP contribution in [0, 0.1) is 17.9 Å². The number of allylic oxidation sites excluding steroid dienone is 2. The maximum Gasteiger partial charge on any atom is 0.162 e. The van der Waals surface area contributed by atoms with Crippen molar-refractivity contribution >= 4 is 38.0 Å². The molecule has 0 unspecified atom stereocenters. The van der Waals surface area contributed by atoms with Gasteiger partial charge in [-0.1, -0.05) is 83.7 Å². The van der Waals surface area contributed by atoms with Gasteiger partial charge in [-0.3, -0.25) is 14.8 Å². The molecule has 0 saturated heterocycles. The summed E-state index contributed by atoms with van der Waals surface area (Å²) in [5, 5.41) is 15.4. The number of hydrogen-bond donors (Lipinski definition) is 1. The maximum absolute atomic E-state index is 11.7. The first-order valence-electron chi connectivity index (χ1n) is 15.8.